The molecule has 0 atom stereocenters. The zero-order valence-electron chi connectivity index (χ0n) is 15.3. The Morgan fingerprint density at radius 2 is 1.86 bits per heavy atom. The van der Waals surface area contributed by atoms with Crippen LogP contribution >= 0.6 is 22.7 Å². The van der Waals surface area contributed by atoms with Crippen LogP contribution in [0.25, 0.3) is 20.8 Å². The minimum Gasteiger partial charge on any atom is -0.326 e. The van der Waals surface area contributed by atoms with E-state index in [4.69, 9.17) is 0 Å². The van der Waals surface area contributed by atoms with Crippen molar-refractivity contribution in [2.75, 3.05) is 5.32 Å². The molecule has 1 N–H and O–H groups in total. The second-order valence-electron chi connectivity index (χ2n) is 6.52. The number of nitrogens with zero attached hydrogens (tertiary/aromatic N) is 1. The fourth-order valence-corrected chi connectivity index (χ4v) is 4.63. The lowest BCUT2D eigenvalue weighted by Gasteiger charge is -2.05. The molecule has 0 aliphatic carbocycles. The summed E-state index contributed by atoms with van der Waals surface area (Å²) in [6.45, 7) is 2.07. The number of benzene rings is 2. The Hall–Kier alpha value is -2.83. The highest BCUT2D eigenvalue weighted by atomic mass is 32.1. The van der Waals surface area contributed by atoms with E-state index in [0.717, 1.165) is 16.1 Å². The lowest BCUT2D eigenvalue weighted by Crippen LogP contribution is -2.13. The van der Waals surface area contributed by atoms with Gasteiger partial charge in [-0.15, -0.1) is 22.7 Å². The Morgan fingerprint density at radius 1 is 1.04 bits per heavy atom. The molecule has 0 spiro atoms. The number of aromatic nitrogens is 1. The van der Waals surface area contributed by atoms with E-state index in [2.05, 4.69) is 29.4 Å². The minimum absolute atomic E-state index is 0.00608. The second-order valence-corrected chi connectivity index (χ2v) is 8.49. The summed E-state index contributed by atoms with van der Waals surface area (Å²) in [4.78, 5) is 29.5. The van der Waals surface area contributed by atoms with Crippen molar-refractivity contribution in [1.82, 2.24) is 4.98 Å². The second kappa shape index (κ2) is 8.04. The number of nitrogens with one attached hydrogen (secondary N) is 1. The van der Waals surface area contributed by atoms with Crippen molar-refractivity contribution in [1.29, 1.82) is 0 Å². The van der Waals surface area contributed by atoms with Crippen LogP contribution in [-0.4, -0.2) is 16.7 Å². The van der Waals surface area contributed by atoms with E-state index >= 15 is 0 Å². The standard InChI is InChI=1S/C22H18N2O2S2/c1-14-4-9-17-20(13-14)28-22(24-17)15-5-7-16(8-6-15)23-21(26)11-10-18(25)19-3-2-12-27-19/h2-9,12-13H,10-11H2,1H3,(H,23,26). The van der Waals surface area contributed by atoms with Gasteiger partial charge in [-0.2, -0.15) is 0 Å². The summed E-state index contributed by atoms with van der Waals surface area (Å²) < 4.78 is 1.17. The third-order valence-electron chi connectivity index (χ3n) is 4.33. The zero-order chi connectivity index (χ0) is 19.5. The van der Waals surface area contributed by atoms with Crippen molar-refractivity contribution < 1.29 is 9.59 Å². The number of carbonyl (C=O) groups is 2. The molecular formula is C22H18N2O2S2. The molecule has 0 saturated heterocycles. The van der Waals surface area contributed by atoms with Crippen LogP contribution in [0.3, 0.4) is 0 Å². The number of fused-ring (bicyclic) bond motifs is 1. The van der Waals surface area contributed by atoms with Gasteiger partial charge in [-0.25, -0.2) is 4.98 Å². The molecule has 0 fully saturated rings. The maximum absolute atomic E-state index is 12.1. The molecule has 2 heterocycles. The Balaban J connectivity index is 1.38. The molecule has 28 heavy (non-hydrogen) atoms. The van der Waals surface area contributed by atoms with Gasteiger partial charge in [-0.05, 0) is 60.3 Å². The first-order valence-electron chi connectivity index (χ1n) is 8.93. The van der Waals surface area contributed by atoms with E-state index < -0.39 is 0 Å². The Bertz CT molecular complexity index is 1130. The first kappa shape index (κ1) is 18.5. The van der Waals surface area contributed by atoms with E-state index in [0.29, 0.717) is 10.6 Å². The summed E-state index contributed by atoms with van der Waals surface area (Å²) in [6, 6.07) is 17.5. The van der Waals surface area contributed by atoms with Gasteiger partial charge in [0.25, 0.3) is 0 Å². The van der Waals surface area contributed by atoms with Crippen molar-refractivity contribution in [3.63, 3.8) is 0 Å². The fourth-order valence-electron chi connectivity index (χ4n) is 2.86. The number of amides is 1. The van der Waals surface area contributed by atoms with Crippen LogP contribution in [0.2, 0.25) is 0 Å². The normalized spacial score (nSPS) is 10.9. The first-order chi connectivity index (χ1) is 13.6. The Labute approximate surface area is 170 Å². The van der Waals surface area contributed by atoms with Gasteiger partial charge >= 0.3 is 0 Å². The van der Waals surface area contributed by atoms with Gasteiger partial charge in [0.05, 0.1) is 15.1 Å². The monoisotopic (exact) mass is 406 g/mol. The molecule has 0 bridgehead atoms. The zero-order valence-corrected chi connectivity index (χ0v) is 16.9. The third kappa shape index (κ3) is 4.18. The topological polar surface area (TPSA) is 59.1 Å². The molecule has 2 aromatic carbocycles. The van der Waals surface area contributed by atoms with Crippen LogP contribution in [0.1, 0.15) is 28.1 Å². The predicted molar refractivity (Wildman–Crippen MR) is 116 cm³/mol. The number of hydrogen-bond donors (Lipinski definition) is 1. The van der Waals surface area contributed by atoms with E-state index in [1.54, 1.807) is 17.4 Å². The van der Waals surface area contributed by atoms with Crippen molar-refractivity contribution in [2.45, 2.75) is 19.8 Å². The van der Waals surface area contributed by atoms with Crippen LogP contribution < -0.4 is 5.32 Å². The van der Waals surface area contributed by atoms with E-state index in [1.807, 2.05) is 41.8 Å². The number of aryl methyl sites for hydroxylation is 1. The van der Waals surface area contributed by atoms with Crippen molar-refractivity contribution in [3.05, 3.63) is 70.4 Å². The molecule has 0 unspecified atom stereocenters. The van der Waals surface area contributed by atoms with Crippen LogP contribution in [0.15, 0.2) is 60.0 Å². The maximum Gasteiger partial charge on any atom is 0.224 e. The SMILES string of the molecule is Cc1ccc2nc(-c3ccc(NC(=O)CCC(=O)c4cccs4)cc3)sc2c1. The van der Waals surface area contributed by atoms with Crippen LogP contribution in [0, 0.1) is 6.92 Å². The number of Topliss-reactive ketones (excluding diaryl/α,β-unsaturated/α-hetero) is 1. The fraction of sp³-hybridized carbons (Fsp3) is 0.136. The van der Waals surface area contributed by atoms with Gasteiger partial charge in [0.2, 0.25) is 5.91 Å². The number of thiophene rings is 1. The summed E-state index contributed by atoms with van der Waals surface area (Å²) in [7, 11) is 0. The molecule has 0 saturated carbocycles. The van der Waals surface area contributed by atoms with Crippen LogP contribution in [0.4, 0.5) is 5.69 Å². The largest absolute Gasteiger partial charge is 0.326 e. The molecule has 140 valence electrons. The molecule has 2 aromatic heterocycles. The maximum atomic E-state index is 12.1. The third-order valence-corrected chi connectivity index (χ3v) is 6.31. The Kier molecular flexibility index (Phi) is 5.32. The highest BCUT2D eigenvalue weighted by Gasteiger charge is 2.11. The number of hydrogen-bond acceptors (Lipinski definition) is 5. The summed E-state index contributed by atoms with van der Waals surface area (Å²) >= 11 is 3.06. The molecule has 0 radical (unpaired) electrons. The molecular weight excluding hydrogens is 388 g/mol. The summed E-state index contributed by atoms with van der Waals surface area (Å²) in [5.41, 5.74) is 3.95. The number of anilines is 1. The van der Waals surface area contributed by atoms with E-state index in [9.17, 15) is 9.59 Å². The average molecular weight is 407 g/mol. The van der Waals surface area contributed by atoms with Crippen molar-refractivity contribution in [3.8, 4) is 10.6 Å². The summed E-state index contributed by atoms with van der Waals surface area (Å²) in [5, 5.41) is 5.67. The number of rotatable bonds is 6. The Morgan fingerprint density at radius 3 is 2.61 bits per heavy atom. The summed E-state index contributed by atoms with van der Waals surface area (Å²) in [5.74, 6) is -0.153. The predicted octanol–water partition coefficient (Wildman–Crippen LogP) is 5.93. The quantitative estimate of drug-likeness (QED) is 0.403. The minimum atomic E-state index is -0.159. The molecule has 0 aliphatic heterocycles. The highest BCUT2D eigenvalue weighted by Crippen LogP contribution is 2.31. The van der Waals surface area contributed by atoms with Crippen molar-refractivity contribution >= 4 is 50.3 Å². The van der Waals surface area contributed by atoms with Gasteiger partial charge in [0.1, 0.15) is 5.01 Å². The number of thiazole rings is 1. The molecule has 4 aromatic rings. The first-order valence-corrected chi connectivity index (χ1v) is 10.6. The number of ketones is 1. The van der Waals surface area contributed by atoms with Crippen molar-refractivity contribution in [2.24, 2.45) is 0 Å². The van der Waals surface area contributed by atoms with Crippen LogP contribution in [-0.2, 0) is 4.79 Å². The molecule has 1 amide bonds. The lowest BCUT2D eigenvalue weighted by atomic mass is 10.1. The van der Waals surface area contributed by atoms with E-state index in [1.165, 1.54) is 21.6 Å². The smallest absolute Gasteiger partial charge is 0.224 e. The van der Waals surface area contributed by atoms with Gasteiger partial charge in [0.15, 0.2) is 5.78 Å². The molecule has 4 rings (SSSR count). The van der Waals surface area contributed by atoms with Gasteiger partial charge in [-0.1, -0.05) is 12.1 Å². The van der Waals surface area contributed by atoms with Crippen LogP contribution in [0.5, 0.6) is 0 Å². The number of carbonyl (C=O) groups excluding carboxylic acids is 2. The van der Waals surface area contributed by atoms with Gasteiger partial charge in [0, 0.05) is 24.1 Å². The molecule has 0 aliphatic rings. The average Bonchev–Trinajstić information content (AvgIpc) is 3.36. The van der Waals surface area contributed by atoms with Gasteiger partial charge in [-0.3, -0.25) is 9.59 Å². The lowest BCUT2D eigenvalue weighted by molar-refractivity contribution is -0.116. The highest BCUT2D eigenvalue weighted by molar-refractivity contribution is 7.21. The molecule has 4 nitrogen and oxygen atoms in total. The van der Waals surface area contributed by atoms with Gasteiger partial charge < -0.3 is 5.32 Å². The van der Waals surface area contributed by atoms with E-state index in [-0.39, 0.29) is 24.5 Å². The molecule has 6 heteroatoms. The summed E-state index contributed by atoms with van der Waals surface area (Å²) in [6.07, 6.45) is 0.394.